The van der Waals surface area contributed by atoms with E-state index in [1.54, 1.807) is 0 Å². The van der Waals surface area contributed by atoms with Crippen molar-refractivity contribution in [2.45, 2.75) is 45.9 Å². The molecule has 0 amide bonds. The minimum atomic E-state index is -0.922. The molecule has 11 rings (SSSR count). The van der Waals surface area contributed by atoms with Gasteiger partial charge in [0.1, 0.15) is 11.5 Å². The van der Waals surface area contributed by atoms with Gasteiger partial charge in [0, 0.05) is 36.2 Å². The van der Waals surface area contributed by atoms with Crippen LogP contribution in [0.3, 0.4) is 0 Å². The Bertz CT molecular complexity index is 3540. The second-order valence-electron chi connectivity index (χ2n) is 18.1. The van der Waals surface area contributed by atoms with Crippen molar-refractivity contribution >= 4 is 50.6 Å². The molecule has 0 saturated heterocycles. The van der Waals surface area contributed by atoms with Crippen LogP contribution in [0.4, 0.5) is 22.7 Å². The molecule has 8 aromatic carbocycles. The minimum absolute atomic E-state index is 0. The summed E-state index contributed by atoms with van der Waals surface area (Å²) in [5.74, 6) is 0.987. The van der Waals surface area contributed by atoms with E-state index in [1.165, 1.54) is 5.56 Å². The fourth-order valence-electron chi connectivity index (χ4n) is 9.17. The van der Waals surface area contributed by atoms with Crippen LogP contribution in [0.1, 0.15) is 53.0 Å². The van der Waals surface area contributed by atoms with Gasteiger partial charge in [0.05, 0.1) is 11.1 Å². The molecule has 0 atom stereocenters. The van der Waals surface area contributed by atoms with Crippen molar-refractivity contribution in [1.82, 2.24) is 18.7 Å². The molecular weight excluding hydrogens is 1000 g/mol. The first kappa shape index (κ1) is 42.2. The molecule has 0 aliphatic carbocycles. The van der Waals surface area contributed by atoms with E-state index in [0.29, 0.717) is 11.5 Å². The Morgan fingerprint density at radius 1 is 0.597 bits per heavy atom. The summed E-state index contributed by atoms with van der Waals surface area (Å²) in [5.41, 5.74) is 14.0. The number of nitrogens with zero attached hydrogens (tertiary/aromatic N) is 4. The zero-order valence-corrected chi connectivity index (χ0v) is 40.3. The fourth-order valence-corrected chi connectivity index (χ4v) is 9.17. The van der Waals surface area contributed by atoms with Crippen LogP contribution < -0.4 is 13.9 Å². The number of aromatic nitrogens is 2. The maximum absolute atomic E-state index is 9.40. The number of hydrogen-bond donors (Lipinski definition) is 0. The normalized spacial score (nSPS) is 12.6. The summed E-state index contributed by atoms with van der Waals surface area (Å²) in [6, 6.07) is 76.1. The minimum Gasteiger partial charge on any atom is -0.509 e. The molecule has 0 bridgehead atoms. The van der Waals surface area contributed by atoms with Crippen LogP contribution >= 0.6 is 0 Å². The Morgan fingerprint density at radius 2 is 1.24 bits per heavy atom. The topological polar surface area (TPSA) is 33.1 Å². The first-order valence-corrected chi connectivity index (χ1v) is 22.5. The molecule has 5 nitrogen and oxygen atoms in total. The van der Waals surface area contributed by atoms with Crippen molar-refractivity contribution in [2.75, 3.05) is 0 Å². The molecule has 67 heavy (non-hydrogen) atoms. The first-order valence-electron chi connectivity index (χ1n) is 23.0. The van der Waals surface area contributed by atoms with E-state index in [1.807, 2.05) is 73.2 Å². The Kier molecular flexibility index (Phi) is 11.2. The summed E-state index contributed by atoms with van der Waals surface area (Å²) in [7, 11) is 0. The van der Waals surface area contributed by atoms with Gasteiger partial charge in [-0.15, -0.1) is 23.6 Å². The molecule has 6 heteroatoms. The van der Waals surface area contributed by atoms with Gasteiger partial charge in [-0.25, -0.2) is 4.98 Å². The number of benzene rings is 8. The Labute approximate surface area is 408 Å². The SMILES string of the molecule is [2H]C(C)(C)c1cccc2c1[N+](c1c(-c3ccccc3)cccc1-c1ccccc1)=C=[N+]2c1[c-]c(Oc2[c-]c3c(cc2)c2cc(-c4ccccc4)ccc2n3-c2cc(C(C)(C)C)ccn2)ccc1.[Pt+2]. The van der Waals surface area contributed by atoms with E-state index in [4.69, 9.17) is 9.72 Å². The number of para-hydroxylation sites is 2. The molecule has 1 aliphatic heterocycles. The predicted molar refractivity (Wildman–Crippen MR) is 273 cm³/mol. The molecule has 10 aromatic rings. The number of ether oxygens (including phenoxy) is 1. The molecule has 0 radical (unpaired) electrons. The van der Waals surface area contributed by atoms with E-state index in [9.17, 15) is 1.37 Å². The maximum Gasteiger partial charge on any atom is 2.00 e. The molecule has 3 heterocycles. The molecule has 0 fully saturated rings. The summed E-state index contributed by atoms with van der Waals surface area (Å²) in [6.07, 6.45) is 1.90. The summed E-state index contributed by atoms with van der Waals surface area (Å²) in [4.78, 5) is 4.93. The second-order valence-corrected chi connectivity index (χ2v) is 18.1. The van der Waals surface area contributed by atoms with Gasteiger partial charge in [-0.3, -0.25) is 0 Å². The molecule has 0 saturated carbocycles. The van der Waals surface area contributed by atoms with Crippen molar-refractivity contribution in [2.24, 2.45) is 0 Å². The standard InChI is InChI=1S/C61H48N4O.Pt/c1-41(2)50-26-17-29-56-60(50)64(59-51(43-20-11-7-12-21-43)27-16-28-52(59)44-22-13-8-14-23-44)40-63(56)47-24-15-25-48(38-47)66-49-31-32-53-54-36-45(42-18-9-6-10-19-42)30-33-55(54)65(57(53)39-49)58-37-46(34-35-62-58)61(3,4)5;/h6-37,41H,1-5H3;/q;+2/i41D;. The van der Waals surface area contributed by atoms with Crippen molar-refractivity contribution in [1.29, 1.82) is 0 Å². The predicted octanol–water partition coefficient (Wildman–Crippen LogP) is 15.8. The zero-order chi connectivity index (χ0) is 45.9. The van der Waals surface area contributed by atoms with E-state index < -0.39 is 5.89 Å². The first-order chi connectivity index (χ1) is 32.5. The Hall–Kier alpha value is -7.42. The van der Waals surface area contributed by atoms with Gasteiger partial charge >= 0.3 is 32.8 Å². The van der Waals surface area contributed by atoms with E-state index in [2.05, 4.69) is 188 Å². The van der Waals surface area contributed by atoms with Gasteiger partial charge in [0.25, 0.3) is 5.69 Å². The molecule has 326 valence electrons. The van der Waals surface area contributed by atoms with Crippen molar-refractivity contribution in [3.05, 3.63) is 218 Å². The average molecular weight is 1050 g/mol. The van der Waals surface area contributed by atoms with Crippen LogP contribution in [-0.2, 0) is 26.5 Å². The molecule has 2 aromatic heterocycles. The fraction of sp³-hybridized carbons (Fsp3) is 0.115. The number of pyridine rings is 1. The Morgan fingerprint density at radius 3 is 1.91 bits per heavy atom. The monoisotopic (exact) mass is 1050 g/mol. The molecular formula is C61H48N4OPt+2. The van der Waals surface area contributed by atoms with Crippen LogP contribution in [0, 0.1) is 12.1 Å². The van der Waals surface area contributed by atoms with Crippen LogP contribution in [0.5, 0.6) is 11.5 Å². The van der Waals surface area contributed by atoms with Gasteiger partial charge in [0.15, 0.2) is 0 Å². The third kappa shape index (κ3) is 8.05. The van der Waals surface area contributed by atoms with Crippen molar-refractivity contribution in [3.8, 4) is 50.7 Å². The van der Waals surface area contributed by atoms with Crippen LogP contribution in [-0.4, -0.2) is 15.6 Å². The molecule has 1 aliphatic rings. The quantitative estimate of drug-likeness (QED) is 0.107. The number of fused-ring (bicyclic) bond motifs is 4. The van der Waals surface area contributed by atoms with E-state index in [-0.39, 0.29) is 26.5 Å². The average Bonchev–Trinajstić information content (AvgIpc) is 3.90. The smallest absolute Gasteiger partial charge is 0.509 e. The van der Waals surface area contributed by atoms with Crippen molar-refractivity contribution < 1.29 is 27.2 Å². The summed E-state index contributed by atoms with van der Waals surface area (Å²) in [6.45, 7) is 10.6. The van der Waals surface area contributed by atoms with Gasteiger partial charge in [-0.05, 0) is 79.4 Å². The van der Waals surface area contributed by atoms with Crippen LogP contribution in [0.2, 0.25) is 0 Å². The summed E-state index contributed by atoms with van der Waals surface area (Å²) >= 11 is 0. The zero-order valence-electron chi connectivity index (χ0n) is 39.0. The molecule has 0 spiro atoms. The van der Waals surface area contributed by atoms with Gasteiger partial charge < -0.3 is 9.30 Å². The van der Waals surface area contributed by atoms with Crippen molar-refractivity contribution in [3.63, 3.8) is 0 Å². The third-order valence-corrected chi connectivity index (χ3v) is 12.5. The van der Waals surface area contributed by atoms with Gasteiger partial charge in [-0.2, -0.15) is 12.1 Å². The Balaban J connectivity index is 0.00000539. The second kappa shape index (κ2) is 17.8. The number of rotatable bonds is 9. The summed E-state index contributed by atoms with van der Waals surface area (Å²) in [5, 5.41) is 2.16. The van der Waals surface area contributed by atoms with Crippen LogP contribution in [0.25, 0.3) is 61.0 Å². The third-order valence-electron chi connectivity index (χ3n) is 12.5. The van der Waals surface area contributed by atoms with Gasteiger partial charge in [-0.1, -0.05) is 178 Å². The number of hydrogen-bond acceptors (Lipinski definition) is 2. The van der Waals surface area contributed by atoms with E-state index in [0.717, 1.165) is 89.3 Å². The molecule has 0 N–H and O–H groups in total. The van der Waals surface area contributed by atoms with Crippen LogP contribution in [0.15, 0.2) is 194 Å². The molecule has 0 unspecified atom stereocenters. The maximum atomic E-state index is 9.40. The largest absolute Gasteiger partial charge is 2.00 e. The van der Waals surface area contributed by atoms with Gasteiger partial charge in [0.2, 0.25) is 5.69 Å². The van der Waals surface area contributed by atoms with E-state index >= 15 is 0 Å². The summed E-state index contributed by atoms with van der Waals surface area (Å²) < 4.78 is 22.5.